The van der Waals surface area contributed by atoms with Crippen molar-refractivity contribution in [1.82, 2.24) is 0 Å². The highest BCUT2D eigenvalue weighted by atomic mass is 16.9. The first-order valence-electron chi connectivity index (χ1n) is 11.8. The molecule has 0 unspecified atom stereocenters. The van der Waals surface area contributed by atoms with Gasteiger partial charge in [-0.1, -0.05) is 57.5 Å². The van der Waals surface area contributed by atoms with E-state index in [0.717, 1.165) is 24.8 Å². The summed E-state index contributed by atoms with van der Waals surface area (Å²) in [5.41, 5.74) is 0.456. The van der Waals surface area contributed by atoms with Crippen LogP contribution in [0.15, 0.2) is 30.3 Å². The summed E-state index contributed by atoms with van der Waals surface area (Å²) in [7, 11) is 0. The Kier molecular flexibility index (Phi) is 8.72. The van der Waals surface area contributed by atoms with Crippen molar-refractivity contribution in [3.05, 3.63) is 41.1 Å². The molecular weight excluding hydrogens is 426 g/mol. The second kappa shape index (κ2) is 11.5. The molecule has 0 amide bonds. The van der Waals surface area contributed by atoms with Crippen molar-refractivity contribution in [2.75, 3.05) is 6.61 Å². The van der Waals surface area contributed by atoms with Crippen molar-refractivity contribution >= 4 is 17.7 Å². The number of hydrogen-bond donors (Lipinski definition) is 0. The lowest BCUT2D eigenvalue weighted by Gasteiger charge is -2.38. The van der Waals surface area contributed by atoms with Crippen LogP contribution >= 0.6 is 0 Å². The van der Waals surface area contributed by atoms with E-state index < -0.39 is 24.1 Å². The second-order valence-corrected chi connectivity index (χ2v) is 9.29. The van der Waals surface area contributed by atoms with E-state index in [1.807, 2.05) is 30.3 Å². The fourth-order valence-corrected chi connectivity index (χ4v) is 4.67. The highest BCUT2D eigenvalue weighted by Gasteiger charge is 2.50. The van der Waals surface area contributed by atoms with Gasteiger partial charge in [0, 0.05) is 4.90 Å². The molecule has 1 aliphatic heterocycles. The summed E-state index contributed by atoms with van der Waals surface area (Å²) in [6.45, 7) is 8.19. The van der Waals surface area contributed by atoms with E-state index in [1.54, 1.807) is 6.92 Å². The molecule has 8 heteroatoms. The predicted octanol–water partition coefficient (Wildman–Crippen LogP) is 4.00. The number of cyclic esters (lactones) is 1. The average Bonchev–Trinajstić information content (AvgIpc) is 3.12. The molecule has 1 aromatic rings. The van der Waals surface area contributed by atoms with Gasteiger partial charge < -0.3 is 19.0 Å². The Morgan fingerprint density at radius 1 is 1.24 bits per heavy atom. The molecule has 2 fully saturated rings. The number of benzene rings is 1. The Morgan fingerprint density at radius 2 is 1.97 bits per heavy atom. The van der Waals surface area contributed by atoms with E-state index in [9.17, 15) is 14.8 Å². The molecule has 1 aromatic carbocycles. The van der Waals surface area contributed by atoms with Crippen LogP contribution in [0.1, 0.15) is 58.9 Å². The molecule has 0 aromatic heterocycles. The molecule has 0 N–H and O–H groups in total. The van der Waals surface area contributed by atoms with E-state index in [4.69, 9.17) is 19.0 Å². The van der Waals surface area contributed by atoms with Crippen molar-refractivity contribution in [3.63, 3.8) is 0 Å². The molecule has 182 valence electrons. The maximum atomic E-state index is 12.9. The summed E-state index contributed by atoms with van der Waals surface area (Å²) in [4.78, 5) is 30.5. The van der Waals surface area contributed by atoms with Gasteiger partial charge in [-0.3, -0.25) is 10.0 Å². The summed E-state index contributed by atoms with van der Waals surface area (Å²) < 4.78 is 16.9. The molecule has 33 heavy (non-hydrogen) atoms. The quantitative estimate of drug-likeness (QED) is 0.237. The van der Waals surface area contributed by atoms with Gasteiger partial charge in [0.1, 0.15) is 5.92 Å². The zero-order valence-electron chi connectivity index (χ0n) is 19.9. The van der Waals surface area contributed by atoms with Crippen LogP contribution in [0.5, 0.6) is 0 Å². The summed E-state index contributed by atoms with van der Waals surface area (Å²) in [5.74, 6) is -1.07. The minimum atomic E-state index is -1.04. The zero-order chi connectivity index (χ0) is 24.0. The van der Waals surface area contributed by atoms with Gasteiger partial charge in [0.05, 0.1) is 25.7 Å². The third-order valence-electron chi connectivity index (χ3n) is 6.46. The van der Waals surface area contributed by atoms with Crippen LogP contribution in [0, 0.1) is 28.9 Å². The Labute approximate surface area is 195 Å². The molecule has 1 aliphatic carbocycles. The SMILES string of the molecule is CCOC(=O)/C([C@H]1CC(=O)O[C@H]1O[C@@H]1C[C@H](C)CC[C@H]1C(C)C)=[N+](/[O-])OCc1ccccc1. The first kappa shape index (κ1) is 25.0. The van der Waals surface area contributed by atoms with Gasteiger partial charge in [0.15, 0.2) is 0 Å². The Morgan fingerprint density at radius 3 is 2.64 bits per heavy atom. The fourth-order valence-electron chi connectivity index (χ4n) is 4.67. The van der Waals surface area contributed by atoms with Gasteiger partial charge in [-0.15, -0.1) is 0 Å². The Hall–Kier alpha value is -2.61. The molecule has 3 rings (SSSR count). The third kappa shape index (κ3) is 6.47. The van der Waals surface area contributed by atoms with E-state index in [0.29, 0.717) is 17.8 Å². The van der Waals surface area contributed by atoms with Crippen LogP contribution in [0.3, 0.4) is 0 Å². The summed E-state index contributed by atoms with van der Waals surface area (Å²) >= 11 is 0. The second-order valence-electron chi connectivity index (χ2n) is 9.29. The lowest BCUT2D eigenvalue weighted by atomic mass is 9.75. The van der Waals surface area contributed by atoms with E-state index in [-0.39, 0.29) is 36.4 Å². The Balaban J connectivity index is 1.84. The van der Waals surface area contributed by atoms with Crippen LogP contribution in [0.4, 0.5) is 0 Å². The lowest BCUT2D eigenvalue weighted by Crippen LogP contribution is -2.43. The molecule has 5 atom stereocenters. The minimum absolute atomic E-state index is 0.0319. The maximum Gasteiger partial charge on any atom is 0.405 e. The van der Waals surface area contributed by atoms with Gasteiger partial charge in [-0.05, 0) is 43.1 Å². The maximum absolute atomic E-state index is 12.9. The largest absolute Gasteiger partial charge is 0.458 e. The fraction of sp³-hybridized carbons (Fsp3) is 0.640. The highest BCUT2D eigenvalue weighted by molar-refractivity contribution is 6.35. The van der Waals surface area contributed by atoms with Gasteiger partial charge in [-0.25, -0.2) is 4.79 Å². The van der Waals surface area contributed by atoms with Gasteiger partial charge in [0.2, 0.25) is 6.29 Å². The highest BCUT2D eigenvalue weighted by Crippen LogP contribution is 2.38. The number of ether oxygens (including phenoxy) is 3. The smallest absolute Gasteiger partial charge is 0.405 e. The van der Waals surface area contributed by atoms with Crippen LogP contribution in [0.2, 0.25) is 0 Å². The third-order valence-corrected chi connectivity index (χ3v) is 6.46. The van der Waals surface area contributed by atoms with Crippen molar-refractivity contribution in [2.45, 2.75) is 72.4 Å². The number of nitrogens with zero attached hydrogens (tertiary/aromatic N) is 1. The molecule has 1 saturated carbocycles. The lowest BCUT2D eigenvalue weighted by molar-refractivity contribution is -0.747. The number of esters is 2. The van der Waals surface area contributed by atoms with E-state index in [1.165, 1.54) is 0 Å². The molecule has 2 aliphatic rings. The first-order chi connectivity index (χ1) is 15.8. The van der Waals surface area contributed by atoms with Crippen molar-refractivity contribution in [1.29, 1.82) is 0 Å². The van der Waals surface area contributed by atoms with E-state index >= 15 is 0 Å². The standard InChI is InChI=1S/C25H35NO7/c1-5-30-24(28)23(26(29)31-15-18-9-7-6-8-10-18)20-14-22(27)33-25(20)32-21-13-17(4)11-12-19(21)16(2)3/h6-10,16-17,19-21,25H,5,11-15H2,1-4H3/b26-23-/t17-,19+,20-,21-,25-/m1/s1. The topological polar surface area (TPSA) is 97.1 Å². The summed E-state index contributed by atoms with van der Waals surface area (Å²) in [6, 6.07) is 9.13. The van der Waals surface area contributed by atoms with Gasteiger partial charge >= 0.3 is 17.7 Å². The molecular formula is C25H35NO7. The Bertz CT molecular complexity index is 838. The molecule has 0 bridgehead atoms. The van der Waals surface area contributed by atoms with Gasteiger partial charge in [0.25, 0.3) is 0 Å². The van der Waals surface area contributed by atoms with Crippen LogP contribution in [0.25, 0.3) is 0 Å². The van der Waals surface area contributed by atoms with Crippen LogP contribution in [-0.4, -0.2) is 41.6 Å². The van der Waals surface area contributed by atoms with Crippen molar-refractivity contribution < 1.29 is 33.5 Å². The van der Waals surface area contributed by atoms with Crippen LogP contribution in [-0.2, 0) is 35.2 Å². The van der Waals surface area contributed by atoms with Crippen molar-refractivity contribution in [3.8, 4) is 0 Å². The normalized spacial score (nSPS) is 28.3. The number of hydrogen-bond acceptors (Lipinski definition) is 7. The summed E-state index contributed by atoms with van der Waals surface area (Å²) in [5, 5.41) is 12.9. The number of carbonyl (C=O) groups is 2. The molecule has 8 nitrogen and oxygen atoms in total. The number of rotatable bonds is 9. The molecule has 1 saturated heterocycles. The van der Waals surface area contributed by atoms with E-state index in [2.05, 4.69) is 20.8 Å². The number of carbonyl (C=O) groups excluding carboxylic acids is 2. The first-order valence-corrected chi connectivity index (χ1v) is 11.8. The zero-order valence-corrected chi connectivity index (χ0v) is 19.9. The molecule has 0 spiro atoms. The molecule has 1 heterocycles. The van der Waals surface area contributed by atoms with Gasteiger partial charge in [-0.2, -0.15) is 0 Å². The average molecular weight is 462 g/mol. The van der Waals surface area contributed by atoms with Crippen LogP contribution < -0.4 is 0 Å². The minimum Gasteiger partial charge on any atom is -0.458 e. The predicted molar refractivity (Wildman–Crippen MR) is 121 cm³/mol. The monoisotopic (exact) mass is 461 g/mol. The van der Waals surface area contributed by atoms with Crippen molar-refractivity contribution in [2.24, 2.45) is 23.7 Å². The summed E-state index contributed by atoms with van der Waals surface area (Å²) in [6.07, 6.45) is 1.67. The molecule has 0 radical (unpaired) electrons.